The van der Waals surface area contributed by atoms with Crippen LogP contribution in [0.2, 0.25) is 0 Å². The summed E-state index contributed by atoms with van der Waals surface area (Å²) >= 11 is 0. The molecule has 0 fully saturated rings. The van der Waals surface area contributed by atoms with Gasteiger partial charge in [0.1, 0.15) is 5.75 Å². The Kier molecular flexibility index (Phi) is 7.82. The summed E-state index contributed by atoms with van der Waals surface area (Å²) in [5.74, 6) is -0.800. The minimum Gasteiger partial charge on any atom is -0.497 e. The molecular formula is C28H27N5O5S. The van der Waals surface area contributed by atoms with Crippen LogP contribution in [0.3, 0.4) is 0 Å². The zero-order valence-corrected chi connectivity index (χ0v) is 22.0. The molecule has 0 saturated carbocycles. The zero-order chi connectivity index (χ0) is 28.2. The Balaban J connectivity index is 1.38. The Morgan fingerprint density at radius 3 is 2.05 bits per heavy atom. The van der Waals surface area contributed by atoms with E-state index in [4.69, 9.17) is 16.2 Å². The molecule has 4 rings (SSSR count). The van der Waals surface area contributed by atoms with Gasteiger partial charge in [0.15, 0.2) is 0 Å². The maximum atomic E-state index is 12.9. The number of nitrogens with one attached hydrogen (secondary N) is 2. The lowest BCUT2D eigenvalue weighted by molar-refractivity contribution is -0.117. The highest BCUT2D eigenvalue weighted by atomic mass is 32.2. The molecule has 0 saturated heterocycles. The molecule has 200 valence electrons. The third kappa shape index (κ3) is 6.51. The van der Waals surface area contributed by atoms with Gasteiger partial charge in [-0.25, -0.2) is 0 Å². The van der Waals surface area contributed by atoms with Crippen LogP contribution >= 0.6 is 0 Å². The zero-order valence-electron chi connectivity index (χ0n) is 21.2. The molecule has 0 bridgehead atoms. The number of benzene rings is 4. The lowest BCUT2D eigenvalue weighted by Crippen LogP contribution is -2.24. The molecule has 1 unspecified atom stereocenters. The number of fused-ring (bicyclic) bond motifs is 1. The summed E-state index contributed by atoms with van der Waals surface area (Å²) in [6.07, 6.45) is 0. The van der Waals surface area contributed by atoms with E-state index in [0.717, 1.165) is 22.1 Å². The number of nitrogens with zero attached hydrogens (tertiary/aromatic N) is 1. The van der Waals surface area contributed by atoms with Gasteiger partial charge in [-0.1, -0.05) is 24.3 Å². The molecule has 6 N–H and O–H groups in total. The van der Waals surface area contributed by atoms with E-state index < -0.39 is 27.8 Å². The monoisotopic (exact) mass is 545 g/mol. The van der Waals surface area contributed by atoms with Gasteiger partial charge in [0.05, 0.1) is 17.9 Å². The number of guanidine groups is 1. The number of hydrogen-bond acceptors (Lipinski definition) is 5. The number of amides is 2. The number of ether oxygens (including phenoxy) is 1. The minimum atomic E-state index is -4.02. The second-order valence-electron chi connectivity index (χ2n) is 8.73. The molecule has 4 aromatic rings. The number of carbonyl (C=O) groups excluding carboxylic acids is 2. The molecule has 0 aliphatic heterocycles. The molecule has 0 radical (unpaired) electrons. The first-order valence-electron chi connectivity index (χ1n) is 11.8. The van der Waals surface area contributed by atoms with Crippen LogP contribution in [0.4, 0.5) is 11.4 Å². The SMILES string of the molecule is COc1ccc2cc(C(C)C(=O)Nc3ccc(C(=O)Nc4ccc(S(=O)(=O)N=C(N)N)cc4)cc3)ccc2c1. The van der Waals surface area contributed by atoms with Crippen molar-refractivity contribution in [1.82, 2.24) is 0 Å². The lowest BCUT2D eigenvalue weighted by atomic mass is 9.97. The van der Waals surface area contributed by atoms with Crippen molar-refractivity contribution in [3.63, 3.8) is 0 Å². The summed E-state index contributed by atoms with van der Waals surface area (Å²) in [5, 5.41) is 7.59. The summed E-state index contributed by atoms with van der Waals surface area (Å²) in [7, 11) is -2.40. The van der Waals surface area contributed by atoms with Gasteiger partial charge in [0, 0.05) is 16.9 Å². The van der Waals surface area contributed by atoms with Crippen molar-refractivity contribution in [2.24, 2.45) is 15.9 Å². The first-order valence-corrected chi connectivity index (χ1v) is 13.3. The highest BCUT2D eigenvalue weighted by molar-refractivity contribution is 7.90. The summed E-state index contributed by atoms with van der Waals surface area (Å²) in [4.78, 5) is 25.4. The van der Waals surface area contributed by atoms with E-state index in [1.807, 2.05) is 43.3 Å². The van der Waals surface area contributed by atoms with E-state index in [1.54, 1.807) is 31.4 Å². The van der Waals surface area contributed by atoms with E-state index in [9.17, 15) is 18.0 Å². The molecule has 0 aliphatic rings. The van der Waals surface area contributed by atoms with Crippen LogP contribution < -0.4 is 26.8 Å². The van der Waals surface area contributed by atoms with Crippen LogP contribution in [0.15, 0.2) is 94.2 Å². The van der Waals surface area contributed by atoms with Crippen LogP contribution in [0.25, 0.3) is 10.8 Å². The Hall–Kier alpha value is -4.90. The van der Waals surface area contributed by atoms with Crippen LogP contribution in [-0.2, 0) is 14.8 Å². The molecule has 0 spiro atoms. The van der Waals surface area contributed by atoms with Crippen molar-refractivity contribution in [3.8, 4) is 5.75 Å². The molecule has 0 heterocycles. The number of carbonyl (C=O) groups is 2. The second-order valence-corrected chi connectivity index (χ2v) is 10.3. The fourth-order valence-corrected chi connectivity index (χ4v) is 4.71. The Morgan fingerprint density at radius 2 is 1.41 bits per heavy atom. The number of anilines is 2. The summed E-state index contributed by atoms with van der Waals surface area (Å²) in [5.41, 5.74) is 12.4. The molecule has 1 atom stereocenters. The largest absolute Gasteiger partial charge is 0.497 e. The molecule has 4 aromatic carbocycles. The van der Waals surface area contributed by atoms with Crippen molar-refractivity contribution in [3.05, 3.63) is 96.1 Å². The first-order chi connectivity index (χ1) is 18.6. The highest BCUT2D eigenvalue weighted by Gasteiger charge is 2.17. The van der Waals surface area contributed by atoms with Crippen molar-refractivity contribution in [2.75, 3.05) is 17.7 Å². The fraction of sp³-hybridized carbons (Fsp3) is 0.107. The summed E-state index contributed by atoms with van der Waals surface area (Å²) in [6.45, 7) is 1.83. The van der Waals surface area contributed by atoms with Crippen LogP contribution in [0, 0.1) is 0 Å². The molecule has 11 heteroatoms. The maximum absolute atomic E-state index is 12.9. The average molecular weight is 546 g/mol. The van der Waals surface area contributed by atoms with E-state index in [-0.39, 0.29) is 10.8 Å². The second kappa shape index (κ2) is 11.2. The fourth-order valence-electron chi connectivity index (χ4n) is 3.85. The van der Waals surface area contributed by atoms with E-state index in [0.29, 0.717) is 16.9 Å². The Labute approximate surface area is 225 Å². The predicted molar refractivity (Wildman–Crippen MR) is 151 cm³/mol. The average Bonchev–Trinajstić information content (AvgIpc) is 2.92. The lowest BCUT2D eigenvalue weighted by Gasteiger charge is -2.14. The minimum absolute atomic E-state index is 0.118. The quantitative estimate of drug-likeness (QED) is 0.193. The van der Waals surface area contributed by atoms with Gasteiger partial charge < -0.3 is 26.8 Å². The standard InChI is InChI=1S/C28H27N5O5S/c1-17(19-3-4-21-16-24(38-2)12-7-20(21)15-19)26(34)31-22-8-5-18(6-9-22)27(35)32-23-10-13-25(14-11-23)39(36,37)33-28(29)30/h3-17H,1-2H3,(H,31,34)(H,32,35)(H4,29,30,33). The van der Waals surface area contributed by atoms with Gasteiger partial charge >= 0.3 is 0 Å². The van der Waals surface area contributed by atoms with Gasteiger partial charge in [0.25, 0.3) is 15.9 Å². The van der Waals surface area contributed by atoms with Gasteiger partial charge in [0.2, 0.25) is 11.9 Å². The van der Waals surface area contributed by atoms with Crippen LogP contribution in [-0.4, -0.2) is 33.3 Å². The topological polar surface area (TPSA) is 166 Å². The third-order valence-electron chi connectivity index (χ3n) is 6.02. The summed E-state index contributed by atoms with van der Waals surface area (Å²) in [6, 6.07) is 23.5. The number of nitrogens with two attached hydrogens (primary N) is 2. The van der Waals surface area contributed by atoms with Crippen molar-refractivity contribution in [1.29, 1.82) is 0 Å². The molecule has 0 aromatic heterocycles. The van der Waals surface area contributed by atoms with Crippen molar-refractivity contribution in [2.45, 2.75) is 17.7 Å². The Bertz CT molecular complexity index is 1660. The van der Waals surface area contributed by atoms with Crippen LogP contribution in [0.5, 0.6) is 5.75 Å². The molecule has 39 heavy (non-hydrogen) atoms. The number of methoxy groups -OCH3 is 1. The normalized spacial score (nSPS) is 11.8. The summed E-state index contributed by atoms with van der Waals surface area (Å²) < 4.78 is 32.5. The van der Waals surface area contributed by atoms with E-state index >= 15 is 0 Å². The number of rotatable bonds is 8. The van der Waals surface area contributed by atoms with Crippen LogP contribution in [0.1, 0.15) is 28.8 Å². The van der Waals surface area contributed by atoms with Gasteiger partial charge in [-0.15, -0.1) is 4.40 Å². The smallest absolute Gasteiger partial charge is 0.285 e. The molecule has 0 aliphatic carbocycles. The van der Waals surface area contributed by atoms with E-state index in [2.05, 4.69) is 15.0 Å². The molecule has 10 nitrogen and oxygen atoms in total. The molecule has 2 amide bonds. The van der Waals surface area contributed by atoms with Gasteiger partial charge in [-0.3, -0.25) is 9.59 Å². The van der Waals surface area contributed by atoms with Gasteiger partial charge in [-0.2, -0.15) is 8.42 Å². The maximum Gasteiger partial charge on any atom is 0.285 e. The Morgan fingerprint density at radius 1 is 0.821 bits per heavy atom. The number of hydrogen-bond donors (Lipinski definition) is 4. The first kappa shape index (κ1) is 27.1. The third-order valence-corrected chi connectivity index (χ3v) is 7.33. The number of sulfonamides is 1. The van der Waals surface area contributed by atoms with Crippen molar-refractivity contribution < 1.29 is 22.7 Å². The van der Waals surface area contributed by atoms with E-state index in [1.165, 1.54) is 24.3 Å². The highest BCUT2D eigenvalue weighted by Crippen LogP contribution is 2.26. The molecular weight excluding hydrogens is 518 g/mol. The predicted octanol–water partition coefficient (Wildman–Crippen LogP) is 3.81. The van der Waals surface area contributed by atoms with Gasteiger partial charge in [-0.05, 0) is 83.9 Å². The van der Waals surface area contributed by atoms with Crippen molar-refractivity contribution >= 4 is 49.9 Å².